The molecule has 0 bridgehead atoms. The summed E-state index contributed by atoms with van der Waals surface area (Å²) in [7, 11) is -1.20. The second-order valence-electron chi connectivity index (χ2n) is 6.50. The van der Waals surface area contributed by atoms with Crippen LogP contribution < -0.4 is 10.6 Å². The zero-order chi connectivity index (χ0) is 18.6. The average Bonchev–Trinajstić information content (AvgIpc) is 3.21. The molecule has 1 aliphatic heterocycles. The number of guanidine groups is 1. The van der Waals surface area contributed by atoms with Gasteiger partial charge in [-0.25, -0.2) is 13.4 Å². The van der Waals surface area contributed by atoms with E-state index in [1.54, 1.807) is 18.4 Å². The van der Waals surface area contributed by atoms with Crippen LogP contribution in [0, 0.1) is 6.92 Å². The maximum absolute atomic E-state index is 11.5. The molecule has 6 nitrogen and oxygen atoms in total. The molecule has 1 aromatic carbocycles. The van der Waals surface area contributed by atoms with Gasteiger partial charge in [-0.3, -0.25) is 4.99 Å². The Kier molecular flexibility index (Phi) is 8.04. The molecule has 2 N–H and O–H groups in total. The van der Waals surface area contributed by atoms with Crippen molar-refractivity contribution in [3.8, 4) is 10.6 Å². The molecule has 0 spiro atoms. The van der Waals surface area contributed by atoms with E-state index in [1.165, 1.54) is 5.56 Å². The predicted octanol–water partition coefficient (Wildman–Crippen LogP) is 2.63. The normalized spacial score (nSPS) is 18.7. The highest BCUT2D eigenvalue weighted by Gasteiger charge is 2.28. The maximum atomic E-state index is 11.5. The van der Waals surface area contributed by atoms with Crippen LogP contribution in [0.3, 0.4) is 0 Å². The molecular weight excluding hydrogens is 495 g/mol. The predicted molar refractivity (Wildman–Crippen MR) is 123 cm³/mol. The van der Waals surface area contributed by atoms with Crippen molar-refractivity contribution in [1.29, 1.82) is 0 Å². The minimum absolute atomic E-state index is 0. The number of nitrogens with zero attached hydrogens (tertiary/aromatic N) is 2. The summed E-state index contributed by atoms with van der Waals surface area (Å²) in [5.41, 5.74) is 3.42. The molecule has 9 heteroatoms. The first-order valence-electron chi connectivity index (χ1n) is 8.64. The van der Waals surface area contributed by atoms with Crippen LogP contribution in [0.5, 0.6) is 0 Å². The molecule has 1 fully saturated rings. The van der Waals surface area contributed by atoms with Crippen LogP contribution in [-0.4, -0.2) is 50.5 Å². The smallest absolute Gasteiger partial charge is 0.191 e. The van der Waals surface area contributed by atoms with Crippen LogP contribution >= 0.6 is 35.3 Å². The Balaban J connectivity index is 0.00000261. The van der Waals surface area contributed by atoms with Gasteiger partial charge in [-0.2, -0.15) is 0 Å². The zero-order valence-corrected chi connectivity index (χ0v) is 19.4. The third-order valence-electron chi connectivity index (χ3n) is 4.32. The number of sulfone groups is 1. The average molecular weight is 520 g/mol. The first kappa shape index (κ1) is 22.1. The molecule has 0 radical (unpaired) electrons. The molecule has 27 heavy (non-hydrogen) atoms. The van der Waals surface area contributed by atoms with E-state index in [1.807, 2.05) is 0 Å². The highest BCUT2D eigenvalue weighted by atomic mass is 127. The van der Waals surface area contributed by atoms with Crippen LogP contribution in [0.1, 0.15) is 17.7 Å². The number of hydrogen-bond acceptors (Lipinski definition) is 5. The van der Waals surface area contributed by atoms with Crippen LogP contribution in [0.4, 0.5) is 0 Å². The highest BCUT2D eigenvalue weighted by molar-refractivity contribution is 14.0. The minimum Gasteiger partial charge on any atom is -0.356 e. The number of thiazole rings is 1. The minimum atomic E-state index is -2.89. The lowest BCUT2D eigenvalue weighted by Crippen LogP contribution is -2.44. The van der Waals surface area contributed by atoms with E-state index in [9.17, 15) is 8.42 Å². The summed E-state index contributed by atoms with van der Waals surface area (Å²) in [5, 5.41) is 9.53. The molecule has 2 heterocycles. The Morgan fingerprint density at radius 2 is 2.07 bits per heavy atom. The summed E-state index contributed by atoms with van der Waals surface area (Å²) in [6, 6.07) is 8.32. The van der Waals surface area contributed by atoms with Gasteiger partial charge in [0.15, 0.2) is 15.8 Å². The number of hydrogen-bond donors (Lipinski definition) is 2. The summed E-state index contributed by atoms with van der Waals surface area (Å²) in [4.78, 5) is 8.87. The van der Waals surface area contributed by atoms with Crippen LogP contribution in [0.2, 0.25) is 0 Å². The van der Waals surface area contributed by atoms with Crippen LogP contribution in [0.25, 0.3) is 10.6 Å². The van der Waals surface area contributed by atoms with Crippen molar-refractivity contribution >= 4 is 51.1 Å². The van der Waals surface area contributed by atoms with Gasteiger partial charge in [-0.15, -0.1) is 35.3 Å². The van der Waals surface area contributed by atoms with Gasteiger partial charge in [-0.05, 0) is 13.3 Å². The first-order valence-corrected chi connectivity index (χ1v) is 11.3. The van der Waals surface area contributed by atoms with E-state index in [-0.39, 0.29) is 41.5 Å². The fourth-order valence-electron chi connectivity index (χ4n) is 2.86. The molecule has 1 saturated heterocycles. The lowest BCUT2D eigenvalue weighted by Gasteiger charge is -2.15. The summed E-state index contributed by atoms with van der Waals surface area (Å²) in [5.74, 6) is 1.07. The van der Waals surface area contributed by atoms with Crippen molar-refractivity contribution in [2.24, 2.45) is 4.99 Å². The number of aromatic nitrogens is 1. The Morgan fingerprint density at radius 3 is 2.70 bits per heavy atom. The summed E-state index contributed by atoms with van der Waals surface area (Å²) in [6.45, 7) is 2.76. The van der Waals surface area contributed by atoms with Gasteiger partial charge in [0.05, 0.1) is 17.2 Å². The molecular formula is C18H25IN4O2S2. The fraction of sp³-hybridized carbons (Fsp3) is 0.444. The number of rotatable bonds is 5. The topological polar surface area (TPSA) is 83.4 Å². The molecule has 1 aliphatic rings. The second kappa shape index (κ2) is 9.83. The van der Waals surface area contributed by atoms with E-state index in [4.69, 9.17) is 4.98 Å². The second-order valence-corrected chi connectivity index (χ2v) is 9.59. The van der Waals surface area contributed by atoms with E-state index in [0.29, 0.717) is 18.9 Å². The van der Waals surface area contributed by atoms with Gasteiger partial charge in [-0.1, -0.05) is 29.8 Å². The van der Waals surface area contributed by atoms with E-state index < -0.39 is 9.84 Å². The first-order chi connectivity index (χ1) is 12.4. The lowest BCUT2D eigenvalue weighted by atomic mass is 10.2. The maximum Gasteiger partial charge on any atom is 0.191 e. The van der Waals surface area contributed by atoms with Gasteiger partial charge in [0.25, 0.3) is 0 Å². The van der Waals surface area contributed by atoms with Crippen molar-refractivity contribution < 1.29 is 8.42 Å². The van der Waals surface area contributed by atoms with Gasteiger partial charge >= 0.3 is 0 Å². The van der Waals surface area contributed by atoms with Crippen molar-refractivity contribution in [1.82, 2.24) is 15.6 Å². The Morgan fingerprint density at radius 1 is 1.33 bits per heavy atom. The lowest BCUT2D eigenvalue weighted by molar-refractivity contribution is 0.599. The van der Waals surface area contributed by atoms with Gasteiger partial charge in [0.2, 0.25) is 0 Å². The fourth-order valence-corrected chi connectivity index (χ4v) is 5.39. The molecule has 1 aromatic heterocycles. The number of aryl methyl sites for hydroxylation is 1. The quantitative estimate of drug-likeness (QED) is 0.360. The molecule has 1 atom stereocenters. The van der Waals surface area contributed by atoms with Crippen molar-refractivity contribution in [3.63, 3.8) is 0 Å². The Hall–Kier alpha value is -1.20. The van der Waals surface area contributed by atoms with Crippen molar-refractivity contribution in [3.05, 3.63) is 40.9 Å². The molecule has 148 valence electrons. The van der Waals surface area contributed by atoms with Crippen LogP contribution in [0.15, 0.2) is 34.6 Å². The van der Waals surface area contributed by atoms with Crippen molar-refractivity contribution in [2.45, 2.75) is 25.8 Å². The van der Waals surface area contributed by atoms with Crippen molar-refractivity contribution in [2.75, 3.05) is 25.1 Å². The van der Waals surface area contributed by atoms with E-state index in [0.717, 1.165) is 22.7 Å². The molecule has 0 saturated carbocycles. The summed E-state index contributed by atoms with van der Waals surface area (Å²) in [6.07, 6.45) is 1.42. The SMILES string of the molecule is CN=C(NCCc1csc(-c2ccc(C)cc2)n1)NC1CCS(=O)(=O)C1.I. The van der Waals surface area contributed by atoms with Gasteiger partial charge in [0.1, 0.15) is 5.01 Å². The number of benzene rings is 1. The largest absolute Gasteiger partial charge is 0.356 e. The van der Waals surface area contributed by atoms with Crippen LogP contribution in [-0.2, 0) is 16.3 Å². The van der Waals surface area contributed by atoms with E-state index >= 15 is 0 Å². The molecule has 2 aromatic rings. The standard InChI is InChI=1S/C18H24N4O2S2.HI/c1-13-3-5-14(6-4-13)17-21-15(11-25-17)7-9-20-18(19-2)22-16-8-10-26(23,24)12-16;/h3-6,11,16H,7-10,12H2,1-2H3,(H2,19,20,22);1H. The molecule has 0 aliphatic carbocycles. The van der Waals surface area contributed by atoms with E-state index in [2.05, 4.69) is 52.2 Å². The summed E-state index contributed by atoms with van der Waals surface area (Å²) >= 11 is 1.65. The van der Waals surface area contributed by atoms with Gasteiger partial charge in [0, 0.05) is 37.0 Å². The number of aliphatic imine (C=N–C) groups is 1. The molecule has 3 rings (SSSR count). The Labute approximate surface area is 181 Å². The third kappa shape index (κ3) is 6.42. The zero-order valence-electron chi connectivity index (χ0n) is 15.4. The van der Waals surface area contributed by atoms with Gasteiger partial charge < -0.3 is 10.6 Å². The Bertz CT molecular complexity index is 879. The molecule has 0 amide bonds. The monoisotopic (exact) mass is 520 g/mol. The molecule has 1 unspecified atom stereocenters. The number of halogens is 1. The summed E-state index contributed by atoms with van der Waals surface area (Å²) < 4.78 is 23.1. The highest BCUT2D eigenvalue weighted by Crippen LogP contribution is 2.24. The number of nitrogens with one attached hydrogen (secondary N) is 2. The third-order valence-corrected chi connectivity index (χ3v) is 7.03.